The number of aryl methyl sites for hydroxylation is 1. The highest BCUT2D eigenvalue weighted by molar-refractivity contribution is 6.30. The third-order valence-electron chi connectivity index (χ3n) is 5.43. The van der Waals surface area contributed by atoms with Crippen LogP contribution in [0, 0.1) is 6.92 Å². The lowest BCUT2D eigenvalue weighted by atomic mass is 9.99. The maximum absolute atomic E-state index is 13.0. The lowest BCUT2D eigenvalue weighted by Crippen LogP contribution is -2.50. The van der Waals surface area contributed by atoms with Crippen molar-refractivity contribution in [1.29, 1.82) is 0 Å². The van der Waals surface area contributed by atoms with Gasteiger partial charge in [0.15, 0.2) is 5.78 Å². The number of rotatable bonds is 2. The zero-order valence-electron chi connectivity index (χ0n) is 14.7. The fourth-order valence-electron chi connectivity index (χ4n) is 3.99. The molecule has 0 aromatic heterocycles. The summed E-state index contributed by atoms with van der Waals surface area (Å²) in [6, 6.07) is 13.4. The molecule has 4 rings (SSSR count). The Balaban J connectivity index is 1.46. The van der Waals surface area contributed by atoms with Gasteiger partial charge in [-0.05, 0) is 30.2 Å². The second-order valence-corrected chi connectivity index (χ2v) is 7.45. The van der Waals surface area contributed by atoms with Crippen molar-refractivity contribution in [3.05, 3.63) is 64.2 Å². The number of ketones is 1. The summed E-state index contributed by atoms with van der Waals surface area (Å²) in [4.78, 5) is 29.4. The first-order chi connectivity index (χ1) is 12.5. The predicted octanol–water partition coefficient (Wildman–Crippen LogP) is 3.67. The Morgan fingerprint density at radius 3 is 2.58 bits per heavy atom. The number of Topliss-reactive ketones (excluding diaryl/α,β-unsaturated/α-hetero) is 1. The molecule has 1 fully saturated rings. The van der Waals surface area contributed by atoms with Gasteiger partial charge in [-0.1, -0.05) is 41.9 Å². The van der Waals surface area contributed by atoms with E-state index >= 15 is 0 Å². The van der Waals surface area contributed by atoms with Crippen molar-refractivity contribution >= 4 is 29.0 Å². The van der Waals surface area contributed by atoms with Crippen LogP contribution in [0.15, 0.2) is 42.5 Å². The molecule has 0 unspecified atom stereocenters. The first kappa shape index (κ1) is 17.1. The van der Waals surface area contributed by atoms with Crippen LogP contribution in [0.3, 0.4) is 0 Å². The second kappa shape index (κ2) is 6.76. The maximum Gasteiger partial charge on any atom is 0.230 e. The van der Waals surface area contributed by atoms with E-state index in [0.717, 1.165) is 29.4 Å². The van der Waals surface area contributed by atoms with Crippen molar-refractivity contribution in [3.8, 4) is 0 Å². The van der Waals surface area contributed by atoms with Crippen LogP contribution >= 0.6 is 11.6 Å². The molecule has 1 amide bonds. The van der Waals surface area contributed by atoms with Crippen molar-refractivity contribution in [1.82, 2.24) is 4.90 Å². The molecule has 1 saturated heterocycles. The number of amides is 1. The van der Waals surface area contributed by atoms with E-state index in [0.29, 0.717) is 25.1 Å². The number of hydrogen-bond acceptors (Lipinski definition) is 3. The van der Waals surface area contributed by atoms with Gasteiger partial charge in [-0.15, -0.1) is 0 Å². The lowest BCUT2D eigenvalue weighted by molar-refractivity contribution is -0.133. The third-order valence-corrected chi connectivity index (χ3v) is 5.66. The number of anilines is 1. The Labute approximate surface area is 158 Å². The number of hydrogen-bond donors (Lipinski definition) is 0. The van der Waals surface area contributed by atoms with E-state index in [9.17, 15) is 9.59 Å². The highest BCUT2D eigenvalue weighted by Crippen LogP contribution is 2.34. The highest BCUT2D eigenvalue weighted by Gasteiger charge is 2.37. The fraction of sp³-hybridized carbons (Fsp3) is 0.333. The van der Waals surface area contributed by atoms with Crippen LogP contribution in [-0.2, 0) is 4.79 Å². The number of piperazine rings is 1. The predicted molar refractivity (Wildman–Crippen MR) is 103 cm³/mol. The molecule has 2 aliphatic rings. The van der Waals surface area contributed by atoms with Crippen molar-refractivity contribution in [2.45, 2.75) is 19.3 Å². The lowest BCUT2D eigenvalue weighted by Gasteiger charge is -2.38. The Bertz CT molecular complexity index is 872. The van der Waals surface area contributed by atoms with E-state index in [1.54, 1.807) is 0 Å². The SMILES string of the molecule is Cc1ccc(Cl)cc1N1CCN(C(=O)[C@H]2CC(=O)c3ccccc32)CC1. The molecule has 0 N–H and O–H groups in total. The van der Waals surface area contributed by atoms with Crippen LogP contribution in [0.4, 0.5) is 5.69 Å². The number of halogens is 1. The third kappa shape index (κ3) is 2.99. The number of benzene rings is 2. The Morgan fingerprint density at radius 2 is 1.81 bits per heavy atom. The molecule has 4 nitrogen and oxygen atoms in total. The van der Waals surface area contributed by atoms with Gasteiger partial charge in [0.25, 0.3) is 0 Å². The zero-order chi connectivity index (χ0) is 18.3. The summed E-state index contributed by atoms with van der Waals surface area (Å²) in [5.74, 6) is -0.170. The van der Waals surface area contributed by atoms with Crippen LogP contribution in [0.5, 0.6) is 0 Å². The van der Waals surface area contributed by atoms with Gasteiger partial charge in [0.1, 0.15) is 0 Å². The monoisotopic (exact) mass is 368 g/mol. The van der Waals surface area contributed by atoms with E-state index in [2.05, 4.69) is 11.8 Å². The molecule has 0 bridgehead atoms. The van der Waals surface area contributed by atoms with Crippen molar-refractivity contribution < 1.29 is 9.59 Å². The summed E-state index contributed by atoms with van der Waals surface area (Å²) in [6.07, 6.45) is 0.297. The quantitative estimate of drug-likeness (QED) is 0.812. The Hall–Kier alpha value is -2.33. The van der Waals surface area contributed by atoms with Gasteiger partial charge < -0.3 is 9.80 Å². The molecule has 26 heavy (non-hydrogen) atoms. The normalized spacial score (nSPS) is 19.6. The minimum Gasteiger partial charge on any atom is -0.368 e. The van der Waals surface area contributed by atoms with E-state index in [4.69, 9.17) is 11.6 Å². The average molecular weight is 369 g/mol. The summed E-state index contributed by atoms with van der Waals surface area (Å²) in [7, 11) is 0. The molecule has 1 aliphatic heterocycles. The minimum atomic E-state index is -0.321. The van der Waals surface area contributed by atoms with Gasteiger partial charge in [-0.2, -0.15) is 0 Å². The smallest absolute Gasteiger partial charge is 0.230 e. The molecule has 134 valence electrons. The van der Waals surface area contributed by atoms with Gasteiger partial charge in [0.05, 0.1) is 5.92 Å². The first-order valence-electron chi connectivity index (χ1n) is 8.96. The number of fused-ring (bicyclic) bond motifs is 1. The molecule has 1 atom stereocenters. The first-order valence-corrected chi connectivity index (χ1v) is 9.34. The van der Waals surface area contributed by atoms with Gasteiger partial charge in [-0.25, -0.2) is 0 Å². The standard InChI is InChI=1S/C21H21ClN2O2/c1-14-6-7-15(22)12-19(14)23-8-10-24(11-9-23)21(26)18-13-20(25)17-5-3-2-4-16(17)18/h2-7,12,18H,8-11,13H2,1H3/t18-/m0/s1. The molecule has 5 heteroatoms. The van der Waals surface area contributed by atoms with E-state index in [1.807, 2.05) is 47.4 Å². The maximum atomic E-state index is 13.0. The van der Waals surface area contributed by atoms with Gasteiger partial charge in [0.2, 0.25) is 5.91 Å². The van der Waals surface area contributed by atoms with Crippen LogP contribution in [0.1, 0.15) is 33.8 Å². The number of carbonyl (C=O) groups is 2. The Kier molecular flexibility index (Phi) is 4.45. The largest absolute Gasteiger partial charge is 0.368 e. The van der Waals surface area contributed by atoms with Crippen molar-refractivity contribution in [3.63, 3.8) is 0 Å². The van der Waals surface area contributed by atoms with E-state index < -0.39 is 0 Å². The summed E-state index contributed by atoms with van der Waals surface area (Å²) < 4.78 is 0. The molecular formula is C21H21ClN2O2. The second-order valence-electron chi connectivity index (χ2n) is 7.01. The molecule has 1 aliphatic carbocycles. The van der Waals surface area contributed by atoms with Crippen LogP contribution in [0.25, 0.3) is 0 Å². The minimum absolute atomic E-state index is 0.0748. The molecule has 2 aromatic rings. The molecule has 0 radical (unpaired) electrons. The zero-order valence-corrected chi connectivity index (χ0v) is 15.5. The topological polar surface area (TPSA) is 40.6 Å². The molecule has 0 spiro atoms. The van der Waals surface area contributed by atoms with E-state index in [1.165, 1.54) is 5.56 Å². The number of nitrogens with zero attached hydrogens (tertiary/aromatic N) is 2. The molecule has 1 heterocycles. The summed E-state index contributed by atoms with van der Waals surface area (Å²) >= 11 is 6.14. The number of carbonyl (C=O) groups excluding carboxylic acids is 2. The average Bonchev–Trinajstić information content (AvgIpc) is 3.00. The summed E-state index contributed by atoms with van der Waals surface area (Å²) in [5, 5.41) is 0.727. The molecule has 2 aromatic carbocycles. The van der Waals surface area contributed by atoms with Gasteiger partial charge in [0, 0.05) is 48.9 Å². The van der Waals surface area contributed by atoms with Crippen LogP contribution in [-0.4, -0.2) is 42.8 Å². The van der Waals surface area contributed by atoms with Crippen LogP contribution in [0.2, 0.25) is 5.02 Å². The molecular weight excluding hydrogens is 348 g/mol. The van der Waals surface area contributed by atoms with Gasteiger partial charge >= 0.3 is 0 Å². The molecule has 0 saturated carbocycles. The van der Waals surface area contributed by atoms with Crippen LogP contribution < -0.4 is 4.90 Å². The summed E-state index contributed by atoms with van der Waals surface area (Å²) in [6.45, 7) is 4.95. The van der Waals surface area contributed by atoms with E-state index in [-0.39, 0.29) is 17.6 Å². The van der Waals surface area contributed by atoms with Gasteiger partial charge in [-0.3, -0.25) is 9.59 Å². The fourth-order valence-corrected chi connectivity index (χ4v) is 4.16. The Morgan fingerprint density at radius 1 is 1.08 bits per heavy atom. The summed E-state index contributed by atoms with van der Waals surface area (Å²) in [5.41, 5.74) is 3.91. The van der Waals surface area contributed by atoms with Crippen molar-refractivity contribution in [2.75, 3.05) is 31.1 Å². The van der Waals surface area contributed by atoms with Crippen molar-refractivity contribution in [2.24, 2.45) is 0 Å². The highest BCUT2D eigenvalue weighted by atomic mass is 35.5.